The van der Waals surface area contributed by atoms with Crippen molar-refractivity contribution in [3.63, 3.8) is 0 Å². The Hall–Kier alpha value is -0.930. The molecular weight excluding hydrogens is 246 g/mol. The molecule has 98 valence electrons. The third-order valence-corrected chi connectivity index (χ3v) is 4.29. The van der Waals surface area contributed by atoms with E-state index in [1.165, 1.54) is 17.8 Å². The number of fused-ring (bicyclic) bond motifs is 3. The number of piperazine rings is 1. The molecular formula is C14H20ClN3. The molecule has 1 unspecified atom stereocenters. The number of halogens is 1. The molecule has 18 heavy (non-hydrogen) atoms. The lowest BCUT2D eigenvalue weighted by atomic mass is 10.1. The first kappa shape index (κ1) is 12.1. The predicted molar refractivity (Wildman–Crippen MR) is 78.0 cm³/mol. The van der Waals surface area contributed by atoms with Crippen LogP contribution in [0, 0.1) is 0 Å². The van der Waals surface area contributed by atoms with E-state index >= 15 is 0 Å². The summed E-state index contributed by atoms with van der Waals surface area (Å²) in [4.78, 5) is 5.00. The van der Waals surface area contributed by atoms with Gasteiger partial charge in [-0.15, -0.1) is 0 Å². The zero-order chi connectivity index (χ0) is 12.5. The average molecular weight is 266 g/mol. The third kappa shape index (κ3) is 2.06. The molecule has 0 saturated carbocycles. The van der Waals surface area contributed by atoms with Gasteiger partial charge < -0.3 is 15.1 Å². The summed E-state index contributed by atoms with van der Waals surface area (Å²) in [5.41, 5.74) is 2.65. The van der Waals surface area contributed by atoms with Gasteiger partial charge in [-0.3, -0.25) is 0 Å². The van der Waals surface area contributed by atoms with Crippen LogP contribution in [0.4, 0.5) is 11.4 Å². The Morgan fingerprint density at radius 2 is 2.22 bits per heavy atom. The lowest BCUT2D eigenvalue weighted by Crippen LogP contribution is -2.51. The van der Waals surface area contributed by atoms with Crippen LogP contribution >= 0.6 is 11.6 Å². The average Bonchev–Trinajstić information content (AvgIpc) is 2.55. The molecule has 4 heteroatoms. The molecule has 0 spiro atoms. The minimum atomic E-state index is 0.621. The van der Waals surface area contributed by atoms with Gasteiger partial charge in [-0.1, -0.05) is 11.6 Å². The highest BCUT2D eigenvalue weighted by Crippen LogP contribution is 2.36. The Bertz CT molecular complexity index is 435. The Morgan fingerprint density at radius 1 is 1.33 bits per heavy atom. The number of hydrogen-bond acceptors (Lipinski definition) is 3. The molecule has 1 aromatic carbocycles. The highest BCUT2D eigenvalue weighted by molar-refractivity contribution is 6.31. The SMILES string of the molecule is CCN1CCC2CNCCN2c2ccc(Cl)cc21. The molecule has 0 aliphatic carbocycles. The number of nitrogens with zero attached hydrogens (tertiary/aromatic N) is 2. The Balaban J connectivity index is 2.04. The smallest absolute Gasteiger partial charge is 0.0619 e. The van der Waals surface area contributed by atoms with E-state index in [0.29, 0.717) is 6.04 Å². The molecule has 1 fully saturated rings. The molecule has 0 amide bonds. The van der Waals surface area contributed by atoms with E-state index in [4.69, 9.17) is 11.6 Å². The fourth-order valence-corrected chi connectivity index (χ4v) is 3.25. The normalized spacial score (nSPS) is 23.3. The number of benzene rings is 1. The van der Waals surface area contributed by atoms with Crippen LogP contribution in [-0.2, 0) is 0 Å². The summed E-state index contributed by atoms with van der Waals surface area (Å²) < 4.78 is 0. The minimum absolute atomic E-state index is 0.621. The van der Waals surface area contributed by atoms with E-state index in [-0.39, 0.29) is 0 Å². The van der Waals surface area contributed by atoms with Gasteiger partial charge in [0.2, 0.25) is 0 Å². The largest absolute Gasteiger partial charge is 0.370 e. The van der Waals surface area contributed by atoms with Crippen molar-refractivity contribution in [2.24, 2.45) is 0 Å². The number of rotatable bonds is 1. The van der Waals surface area contributed by atoms with Crippen LogP contribution < -0.4 is 15.1 Å². The molecule has 2 heterocycles. The second kappa shape index (κ2) is 4.98. The predicted octanol–water partition coefficient (Wildman–Crippen LogP) is 2.35. The van der Waals surface area contributed by atoms with Gasteiger partial charge in [-0.05, 0) is 31.5 Å². The molecule has 3 nitrogen and oxygen atoms in total. The Morgan fingerprint density at radius 3 is 3.06 bits per heavy atom. The van der Waals surface area contributed by atoms with Gasteiger partial charge in [-0.25, -0.2) is 0 Å². The maximum atomic E-state index is 6.17. The molecule has 1 saturated heterocycles. The van der Waals surface area contributed by atoms with Crippen LogP contribution in [0.5, 0.6) is 0 Å². The van der Waals surface area contributed by atoms with Crippen molar-refractivity contribution in [3.05, 3.63) is 23.2 Å². The summed E-state index contributed by atoms with van der Waals surface area (Å²) in [5.74, 6) is 0. The minimum Gasteiger partial charge on any atom is -0.370 e. The first-order valence-corrected chi connectivity index (χ1v) is 7.19. The highest BCUT2D eigenvalue weighted by Gasteiger charge is 2.28. The quantitative estimate of drug-likeness (QED) is 0.841. The van der Waals surface area contributed by atoms with E-state index in [0.717, 1.165) is 37.7 Å². The van der Waals surface area contributed by atoms with Gasteiger partial charge in [-0.2, -0.15) is 0 Å². The van der Waals surface area contributed by atoms with Crippen molar-refractivity contribution in [2.75, 3.05) is 42.5 Å². The van der Waals surface area contributed by atoms with Crippen LogP contribution in [0.15, 0.2) is 18.2 Å². The van der Waals surface area contributed by atoms with Gasteiger partial charge in [0, 0.05) is 43.8 Å². The second-order valence-corrected chi connectivity index (χ2v) is 5.49. The van der Waals surface area contributed by atoms with E-state index in [1.807, 2.05) is 6.07 Å². The summed E-state index contributed by atoms with van der Waals surface area (Å²) in [6.07, 6.45) is 1.22. The summed E-state index contributed by atoms with van der Waals surface area (Å²) in [6, 6.07) is 6.93. The van der Waals surface area contributed by atoms with E-state index in [1.54, 1.807) is 0 Å². The van der Waals surface area contributed by atoms with Crippen LogP contribution in [-0.4, -0.2) is 38.8 Å². The van der Waals surface area contributed by atoms with Crippen LogP contribution in [0.25, 0.3) is 0 Å². The molecule has 3 rings (SSSR count). The van der Waals surface area contributed by atoms with Crippen molar-refractivity contribution >= 4 is 23.0 Å². The van der Waals surface area contributed by atoms with Gasteiger partial charge in [0.15, 0.2) is 0 Å². The molecule has 0 radical (unpaired) electrons. The standard InChI is InChI=1S/C14H20ClN3/c1-2-17-7-5-12-10-16-6-8-18(12)13-4-3-11(15)9-14(13)17/h3-4,9,12,16H,2,5-8,10H2,1H3. The lowest BCUT2D eigenvalue weighted by Gasteiger charge is -2.37. The van der Waals surface area contributed by atoms with Crippen molar-refractivity contribution in [1.82, 2.24) is 5.32 Å². The maximum absolute atomic E-state index is 6.17. The molecule has 2 aliphatic heterocycles. The van der Waals surface area contributed by atoms with Gasteiger partial charge in [0.1, 0.15) is 0 Å². The van der Waals surface area contributed by atoms with Crippen LogP contribution in [0.3, 0.4) is 0 Å². The third-order valence-electron chi connectivity index (χ3n) is 4.05. The zero-order valence-electron chi connectivity index (χ0n) is 10.8. The lowest BCUT2D eigenvalue weighted by molar-refractivity contribution is 0.461. The first-order chi connectivity index (χ1) is 8.79. The number of nitrogens with one attached hydrogen (secondary N) is 1. The summed E-state index contributed by atoms with van der Waals surface area (Å²) in [6.45, 7) is 7.64. The highest BCUT2D eigenvalue weighted by atomic mass is 35.5. The van der Waals surface area contributed by atoms with Gasteiger partial charge in [0.05, 0.1) is 11.4 Å². The topological polar surface area (TPSA) is 18.5 Å². The number of anilines is 2. The fourth-order valence-electron chi connectivity index (χ4n) is 3.08. The summed E-state index contributed by atoms with van der Waals surface area (Å²) in [5, 5.41) is 4.33. The van der Waals surface area contributed by atoms with E-state index < -0.39 is 0 Å². The Kier molecular flexibility index (Phi) is 3.35. The van der Waals surface area contributed by atoms with Crippen LogP contribution in [0.2, 0.25) is 5.02 Å². The van der Waals surface area contributed by atoms with Crippen molar-refractivity contribution in [1.29, 1.82) is 0 Å². The van der Waals surface area contributed by atoms with Crippen molar-refractivity contribution in [2.45, 2.75) is 19.4 Å². The second-order valence-electron chi connectivity index (χ2n) is 5.05. The van der Waals surface area contributed by atoms with E-state index in [2.05, 4.69) is 34.2 Å². The zero-order valence-corrected chi connectivity index (χ0v) is 11.6. The summed E-state index contributed by atoms with van der Waals surface area (Å²) >= 11 is 6.17. The Labute approximate surface area is 114 Å². The fraction of sp³-hybridized carbons (Fsp3) is 0.571. The molecule has 2 aliphatic rings. The summed E-state index contributed by atoms with van der Waals surface area (Å²) in [7, 11) is 0. The maximum Gasteiger partial charge on any atom is 0.0619 e. The molecule has 1 N–H and O–H groups in total. The van der Waals surface area contributed by atoms with Crippen molar-refractivity contribution in [3.8, 4) is 0 Å². The molecule has 1 atom stereocenters. The van der Waals surface area contributed by atoms with Gasteiger partial charge in [0.25, 0.3) is 0 Å². The molecule has 0 aromatic heterocycles. The monoisotopic (exact) mass is 265 g/mol. The number of hydrogen-bond donors (Lipinski definition) is 1. The molecule has 0 bridgehead atoms. The first-order valence-electron chi connectivity index (χ1n) is 6.81. The van der Waals surface area contributed by atoms with Crippen molar-refractivity contribution < 1.29 is 0 Å². The van der Waals surface area contributed by atoms with E-state index in [9.17, 15) is 0 Å². The molecule has 1 aromatic rings. The van der Waals surface area contributed by atoms with Gasteiger partial charge >= 0.3 is 0 Å². The van der Waals surface area contributed by atoms with Crippen LogP contribution in [0.1, 0.15) is 13.3 Å².